The number of thioether (sulfide) groups is 1. The van der Waals surface area contributed by atoms with E-state index in [9.17, 15) is 14.9 Å². The van der Waals surface area contributed by atoms with Gasteiger partial charge in [-0.15, -0.1) is 11.8 Å². The van der Waals surface area contributed by atoms with Crippen LogP contribution in [-0.2, 0) is 17.1 Å². The molecule has 0 spiro atoms. The highest BCUT2D eigenvalue weighted by Crippen LogP contribution is 2.18. The summed E-state index contributed by atoms with van der Waals surface area (Å²) in [6, 6.07) is 13.9. The number of hydrogen-bond acceptors (Lipinski definition) is 5. The maximum absolute atomic E-state index is 11.8. The molecule has 1 amide bonds. The molecule has 2 rings (SSSR count). The lowest BCUT2D eigenvalue weighted by atomic mass is 10.2. The molecule has 0 bridgehead atoms. The number of amides is 1. The number of methoxy groups -OCH3 is 1. The van der Waals surface area contributed by atoms with Crippen LogP contribution in [0.2, 0.25) is 0 Å². The number of carbonyl (C=O) groups is 1. The quantitative estimate of drug-likeness (QED) is 0.586. The van der Waals surface area contributed by atoms with Gasteiger partial charge in [0, 0.05) is 24.4 Å². The summed E-state index contributed by atoms with van der Waals surface area (Å²) in [5.41, 5.74) is 1.89. The van der Waals surface area contributed by atoms with Crippen LogP contribution < -0.4 is 10.1 Å². The molecule has 0 saturated carbocycles. The zero-order chi connectivity index (χ0) is 17.4. The van der Waals surface area contributed by atoms with Gasteiger partial charge in [-0.05, 0) is 23.3 Å². The zero-order valence-corrected chi connectivity index (χ0v) is 14.0. The van der Waals surface area contributed by atoms with Crippen LogP contribution in [0.1, 0.15) is 11.1 Å². The van der Waals surface area contributed by atoms with Gasteiger partial charge in [0.15, 0.2) is 0 Å². The standard InChI is InChI=1S/C17H18N2O4S/c1-23-16-7-5-13(6-8-16)10-18-17(20)12-24-11-14-3-2-4-15(9-14)19(21)22/h2-9H,10-12H2,1H3,(H,18,20). The van der Waals surface area contributed by atoms with Gasteiger partial charge >= 0.3 is 0 Å². The third-order valence-electron chi connectivity index (χ3n) is 3.27. The minimum atomic E-state index is -0.421. The van der Waals surface area contributed by atoms with Crippen LogP contribution in [0.15, 0.2) is 48.5 Å². The molecule has 0 atom stereocenters. The third kappa shape index (κ3) is 5.58. The van der Waals surface area contributed by atoms with E-state index in [0.29, 0.717) is 18.1 Å². The fourth-order valence-corrected chi connectivity index (χ4v) is 2.82. The number of nitro benzene ring substituents is 1. The number of nitro groups is 1. The molecule has 2 aromatic rings. The molecule has 0 heterocycles. The summed E-state index contributed by atoms with van der Waals surface area (Å²) in [5, 5.41) is 13.6. The number of ether oxygens (including phenoxy) is 1. The Hall–Kier alpha value is -2.54. The highest BCUT2D eigenvalue weighted by Gasteiger charge is 2.07. The second kappa shape index (κ2) is 8.93. The first-order chi connectivity index (χ1) is 11.6. The van der Waals surface area contributed by atoms with Crippen molar-refractivity contribution in [2.45, 2.75) is 12.3 Å². The van der Waals surface area contributed by atoms with Crippen LogP contribution in [0.5, 0.6) is 5.75 Å². The van der Waals surface area contributed by atoms with Gasteiger partial charge in [-0.1, -0.05) is 24.3 Å². The maximum atomic E-state index is 11.8. The van der Waals surface area contributed by atoms with Crippen molar-refractivity contribution in [3.05, 3.63) is 69.8 Å². The van der Waals surface area contributed by atoms with Crippen LogP contribution in [0.4, 0.5) is 5.69 Å². The van der Waals surface area contributed by atoms with E-state index >= 15 is 0 Å². The molecule has 24 heavy (non-hydrogen) atoms. The van der Waals surface area contributed by atoms with E-state index in [1.165, 1.54) is 23.9 Å². The summed E-state index contributed by atoms with van der Waals surface area (Å²) in [5.74, 6) is 1.56. The van der Waals surface area contributed by atoms with Gasteiger partial charge in [-0.2, -0.15) is 0 Å². The smallest absolute Gasteiger partial charge is 0.269 e. The largest absolute Gasteiger partial charge is 0.497 e. The Morgan fingerprint density at radius 2 is 1.96 bits per heavy atom. The molecule has 0 aliphatic carbocycles. The Labute approximate surface area is 144 Å². The van der Waals surface area contributed by atoms with Crippen LogP contribution in [0.3, 0.4) is 0 Å². The molecular weight excluding hydrogens is 328 g/mol. The van der Waals surface area contributed by atoms with Crippen LogP contribution >= 0.6 is 11.8 Å². The number of non-ortho nitro benzene ring substituents is 1. The predicted octanol–water partition coefficient (Wildman–Crippen LogP) is 3.15. The number of nitrogens with zero attached hydrogens (tertiary/aromatic N) is 1. The fraction of sp³-hybridized carbons (Fsp3) is 0.235. The first kappa shape index (κ1) is 17.8. The summed E-state index contributed by atoms with van der Waals surface area (Å²) >= 11 is 1.42. The average Bonchev–Trinajstić information content (AvgIpc) is 2.60. The fourth-order valence-electron chi connectivity index (χ4n) is 2.02. The van der Waals surface area contributed by atoms with Gasteiger partial charge in [0.25, 0.3) is 5.69 Å². The van der Waals surface area contributed by atoms with Crippen molar-refractivity contribution in [3.63, 3.8) is 0 Å². The first-order valence-corrected chi connectivity index (χ1v) is 8.44. The van der Waals surface area contributed by atoms with Gasteiger partial charge in [0.2, 0.25) is 5.91 Å². The molecular formula is C17H18N2O4S. The Balaban J connectivity index is 1.73. The van der Waals surface area contributed by atoms with Crippen LogP contribution in [0.25, 0.3) is 0 Å². The SMILES string of the molecule is COc1ccc(CNC(=O)CSCc2cccc([N+](=O)[O-])c2)cc1. The van der Waals surface area contributed by atoms with Crippen molar-refractivity contribution in [2.24, 2.45) is 0 Å². The number of hydrogen-bond donors (Lipinski definition) is 1. The van der Waals surface area contributed by atoms with E-state index in [0.717, 1.165) is 16.9 Å². The lowest BCUT2D eigenvalue weighted by Gasteiger charge is -2.06. The maximum Gasteiger partial charge on any atom is 0.269 e. The molecule has 0 fully saturated rings. The van der Waals surface area contributed by atoms with Crippen molar-refractivity contribution in [3.8, 4) is 5.75 Å². The topological polar surface area (TPSA) is 81.5 Å². The number of benzene rings is 2. The average molecular weight is 346 g/mol. The van der Waals surface area contributed by atoms with Gasteiger partial charge in [-0.25, -0.2) is 0 Å². The molecule has 0 radical (unpaired) electrons. The predicted molar refractivity (Wildman–Crippen MR) is 94.1 cm³/mol. The molecule has 0 saturated heterocycles. The molecule has 0 aliphatic rings. The van der Waals surface area contributed by atoms with E-state index < -0.39 is 4.92 Å². The number of nitrogens with one attached hydrogen (secondary N) is 1. The lowest BCUT2D eigenvalue weighted by Crippen LogP contribution is -2.24. The summed E-state index contributed by atoms with van der Waals surface area (Å²) in [4.78, 5) is 22.1. The molecule has 1 N–H and O–H groups in total. The second-order valence-corrected chi connectivity index (χ2v) is 6.03. The summed E-state index contributed by atoms with van der Waals surface area (Å²) in [6.45, 7) is 0.459. The molecule has 7 heteroatoms. The Morgan fingerprint density at radius 1 is 1.21 bits per heavy atom. The normalized spacial score (nSPS) is 10.2. The second-order valence-electron chi connectivity index (χ2n) is 5.04. The Morgan fingerprint density at radius 3 is 2.62 bits per heavy atom. The van der Waals surface area contributed by atoms with E-state index in [1.54, 1.807) is 13.2 Å². The minimum Gasteiger partial charge on any atom is -0.497 e. The highest BCUT2D eigenvalue weighted by molar-refractivity contribution is 7.99. The Kier molecular flexibility index (Phi) is 6.62. The zero-order valence-electron chi connectivity index (χ0n) is 13.2. The van der Waals surface area contributed by atoms with E-state index in [-0.39, 0.29) is 11.6 Å². The Bertz CT molecular complexity index is 704. The van der Waals surface area contributed by atoms with Crippen molar-refractivity contribution in [1.29, 1.82) is 0 Å². The lowest BCUT2D eigenvalue weighted by molar-refractivity contribution is -0.384. The summed E-state index contributed by atoms with van der Waals surface area (Å²) < 4.78 is 5.08. The van der Waals surface area contributed by atoms with Crippen LogP contribution in [0, 0.1) is 10.1 Å². The van der Waals surface area contributed by atoms with Gasteiger partial charge in [0.1, 0.15) is 5.75 Å². The molecule has 0 unspecified atom stereocenters. The van der Waals surface area contributed by atoms with Gasteiger partial charge in [-0.3, -0.25) is 14.9 Å². The highest BCUT2D eigenvalue weighted by atomic mass is 32.2. The van der Waals surface area contributed by atoms with E-state index in [2.05, 4.69) is 5.32 Å². The first-order valence-electron chi connectivity index (χ1n) is 7.29. The minimum absolute atomic E-state index is 0.0667. The van der Waals surface area contributed by atoms with E-state index in [1.807, 2.05) is 30.3 Å². The van der Waals surface area contributed by atoms with Gasteiger partial charge < -0.3 is 10.1 Å². The monoisotopic (exact) mass is 346 g/mol. The molecule has 0 aliphatic heterocycles. The summed E-state index contributed by atoms with van der Waals surface area (Å²) in [6.07, 6.45) is 0. The van der Waals surface area contributed by atoms with Crippen molar-refractivity contribution in [1.82, 2.24) is 5.32 Å². The number of rotatable bonds is 8. The molecule has 2 aromatic carbocycles. The molecule has 6 nitrogen and oxygen atoms in total. The van der Waals surface area contributed by atoms with Crippen molar-refractivity contribution < 1.29 is 14.5 Å². The van der Waals surface area contributed by atoms with E-state index in [4.69, 9.17) is 4.74 Å². The molecule has 0 aromatic heterocycles. The third-order valence-corrected chi connectivity index (χ3v) is 4.28. The van der Waals surface area contributed by atoms with Crippen molar-refractivity contribution in [2.75, 3.05) is 12.9 Å². The number of carbonyl (C=O) groups excluding carboxylic acids is 1. The summed E-state index contributed by atoms with van der Waals surface area (Å²) in [7, 11) is 1.61. The molecule has 126 valence electrons. The van der Waals surface area contributed by atoms with Gasteiger partial charge in [0.05, 0.1) is 17.8 Å². The van der Waals surface area contributed by atoms with Crippen LogP contribution in [-0.4, -0.2) is 23.7 Å². The van der Waals surface area contributed by atoms with Crippen molar-refractivity contribution >= 4 is 23.4 Å².